The van der Waals surface area contributed by atoms with Crippen LogP contribution in [0.2, 0.25) is 5.02 Å². The van der Waals surface area contributed by atoms with Gasteiger partial charge in [-0.15, -0.1) is 0 Å². The van der Waals surface area contributed by atoms with Crippen molar-refractivity contribution in [3.8, 4) is 5.75 Å². The van der Waals surface area contributed by atoms with Crippen LogP contribution in [0.3, 0.4) is 0 Å². The van der Waals surface area contributed by atoms with Crippen LogP contribution in [0.15, 0.2) is 42.5 Å². The number of nitrogens with one attached hydrogen (secondary N) is 2. The van der Waals surface area contributed by atoms with Crippen molar-refractivity contribution in [1.82, 2.24) is 0 Å². The molecule has 4 nitrogen and oxygen atoms in total. The van der Waals surface area contributed by atoms with Crippen molar-refractivity contribution in [2.75, 3.05) is 24.8 Å². The third-order valence-electron chi connectivity index (χ3n) is 2.86. The fourth-order valence-electron chi connectivity index (χ4n) is 1.82. The molecule has 0 aliphatic rings. The molecule has 0 saturated carbocycles. The van der Waals surface area contributed by atoms with E-state index in [1.54, 1.807) is 38.4 Å². The van der Waals surface area contributed by atoms with Gasteiger partial charge in [0.25, 0.3) is 5.91 Å². The van der Waals surface area contributed by atoms with Gasteiger partial charge in [-0.1, -0.05) is 23.7 Å². The molecule has 0 aliphatic heterocycles. The minimum Gasteiger partial charge on any atom is -0.497 e. The lowest BCUT2D eigenvalue weighted by Gasteiger charge is -2.11. The van der Waals surface area contributed by atoms with Gasteiger partial charge in [0.2, 0.25) is 0 Å². The first-order chi connectivity index (χ1) is 9.65. The molecule has 0 unspecified atom stereocenters. The van der Waals surface area contributed by atoms with Gasteiger partial charge < -0.3 is 15.4 Å². The summed E-state index contributed by atoms with van der Waals surface area (Å²) in [7, 11) is 3.33. The molecule has 2 aromatic carbocycles. The van der Waals surface area contributed by atoms with E-state index in [0.717, 1.165) is 5.69 Å². The predicted octanol–water partition coefficient (Wildman–Crippen LogP) is 3.64. The zero-order valence-electron chi connectivity index (χ0n) is 11.2. The lowest BCUT2D eigenvalue weighted by atomic mass is 10.1. The summed E-state index contributed by atoms with van der Waals surface area (Å²) >= 11 is 6.07. The summed E-state index contributed by atoms with van der Waals surface area (Å²) in [6.45, 7) is 0. The molecule has 2 rings (SSSR count). The smallest absolute Gasteiger partial charge is 0.257 e. The second-order valence-corrected chi connectivity index (χ2v) is 4.50. The van der Waals surface area contributed by atoms with Crippen LogP contribution < -0.4 is 15.4 Å². The van der Waals surface area contributed by atoms with Crippen LogP contribution in [0, 0.1) is 0 Å². The minimum absolute atomic E-state index is 0.231. The maximum Gasteiger partial charge on any atom is 0.257 e. The normalized spacial score (nSPS) is 9.95. The number of ether oxygens (including phenoxy) is 1. The summed E-state index contributed by atoms with van der Waals surface area (Å²) in [6.07, 6.45) is 0. The van der Waals surface area contributed by atoms with E-state index in [2.05, 4.69) is 10.6 Å². The number of methoxy groups -OCH3 is 1. The van der Waals surface area contributed by atoms with Gasteiger partial charge in [0.05, 0.1) is 23.4 Å². The van der Waals surface area contributed by atoms with E-state index in [1.807, 2.05) is 18.2 Å². The number of halogens is 1. The molecule has 0 atom stereocenters. The number of amides is 1. The molecular formula is C15H15ClN2O2. The molecule has 0 spiro atoms. The van der Waals surface area contributed by atoms with Crippen LogP contribution in [0.1, 0.15) is 10.4 Å². The van der Waals surface area contributed by atoms with Gasteiger partial charge in [-0.2, -0.15) is 0 Å². The van der Waals surface area contributed by atoms with Gasteiger partial charge in [0.1, 0.15) is 5.75 Å². The number of anilines is 2. The number of benzene rings is 2. The summed E-state index contributed by atoms with van der Waals surface area (Å²) in [6, 6.07) is 12.4. The van der Waals surface area contributed by atoms with Crippen molar-refractivity contribution in [3.63, 3.8) is 0 Å². The summed E-state index contributed by atoms with van der Waals surface area (Å²) in [4.78, 5) is 12.3. The second kappa shape index (κ2) is 6.30. The maximum absolute atomic E-state index is 12.3. The Morgan fingerprint density at radius 2 is 1.90 bits per heavy atom. The van der Waals surface area contributed by atoms with Crippen molar-refractivity contribution < 1.29 is 9.53 Å². The third-order valence-corrected chi connectivity index (χ3v) is 3.19. The van der Waals surface area contributed by atoms with E-state index in [0.29, 0.717) is 22.0 Å². The molecule has 20 heavy (non-hydrogen) atoms. The SMILES string of the molecule is CNc1ccccc1C(=O)Nc1cc(OC)ccc1Cl. The molecule has 0 aromatic heterocycles. The molecule has 0 radical (unpaired) electrons. The Morgan fingerprint density at radius 1 is 1.15 bits per heavy atom. The minimum atomic E-state index is -0.231. The van der Waals surface area contributed by atoms with E-state index in [1.165, 1.54) is 0 Å². The first kappa shape index (κ1) is 14.2. The Labute approximate surface area is 122 Å². The molecule has 0 fully saturated rings. The molecule has 2 N–H and O–H groups in total. The van der Waals surface area contributed by atoms with Crippen LogP contribution in [-0.4, -0.2) is 20.1 Å². The van der Waals surface area contributed by atoms with Crippen LogP contribution in [-0.2, 0) is 0 Å². The average molecular weight is 291 g/mol. The van der Waals surface area contributed by atoms with Gasteiger partial charge in [0, 0.05) is 18.8 Å². The highest BCUT2D eigenvalue weighted by Crippen LogP contribution is 2.27. The van der Waals surface area contributed by atoms with E-state index < -0.39 is 0 Å². The van der Waals surface area contributed by atoms with Crippen LogP contribution >= 0.6 is 11.6 Å². The molecular weight excluding hydrogens is 276 g/mol. The molecule has 104 valence electrons. The van der Waals surface area contributed by atoms with Crippen molar-refractivity contribution in [1.29, 1.82) is 0 Å². The Hall–Kier alpha value is -2.20. The average Bonchev–Trinajstić information content (AvgIpc) is 2.49. The molecule has 0 heterocycles. The van der Waals surface area contributed by atoms with E-state index >= 15 is 0 Å². The lowest BCUT2D eigenvalue weighted by molar-refractivity contribution is 0.102. The summed E-state index contributed by atoms with van der Waals surface area (Å²) in [5, 5.41) is 6.23. The van der Waals surface area contributed by atoms with Crippen LogP contribution in [0.25, 0.3) is 0 Å². The summed E-state index contributed by atoms with van der Waals surface area (Å²) < 4.78 is 5.12. The fraction of sp³-hybridized carbons (Fsp3) is 0.133. The zero-order chi connectivity index (χ0) is 14.5. The Bertz CT molecular complexity index is 629. The summed E-state index contributed by atoms with van der Waals surface area (Å²) in [5.74, 6) is 0.400. The van der Waals surface area contributed by atoms with Crippen LogP contribution in [0.4, 0.5) is 11.4 Å². The van der Waals surface area contributed by atoms with Crippen molar-refractivity contribution >= 4 is 28.9 Å². The second-order valence-electron chi connectivity index (χ2n) is 4.10. The topological polar surface area (TPSA) is 50.4 Å². The molecule has 2 aromatic rings. The largest absolute Gasteiger partial charge is 0.497 e. The molecule has 1 amide bonds. The third kappa shape index (κ3) is 3.03. The number of hydrogen-bond acceptors (Lipinski definition) is 3. The van der Waals surface area contributed by atoms with Gasteiger partial charge >= 0.3 is 0 Å². The molecule has 0 aliphatic carbocycles. The maximum atomic E-state index is 12.3. The van der Waals surface area contributed by atoms with Gasteiger partial charge in [-0.3, -0.25) is 4.79 Å². The highest BCUT2D eigenvalue weighted by atomic mass is 35.5. The lowest BCUT2D eigenvalue weighted by Crippen LogP contribution is -2.14. The van der Waals surface area contributed by atoms with Crippen molar-refractivity contribution in [3.05, 3.63) is 53.1 Å². The fourth-order valence-corrected chi connectivity index (χ4v) is 1.98. The Morgan fingerprint density at radius 3 is 2.60 bits per heavy atom. The monoisotopic (exact) mass is 290 g/mol. The first-order valence-electron chi connectivity index (χ1n) is 6.07. The van der Waals surface area contributed by atoms with E-state index in [-0.39, 0.29) is 5.91 Å². The van der Waals surface area contributed by atoms with Gasteiger partial charge in [-0.05, 0) is 24.3 Å². The highest BCUT2D eigenvalue weighted by Gasteiger charge is 2.12. The van der Waals surface area contributed by atoms with E-state index in [4.69, 9.17) is 16.3 Å². The number of para-hydroxylation sites is 1. The van der Waals surface area contributed by atoms with Crippen LogP contribution in [0.5, 0.6) is 5.75 Å². The zero-order valence-corrected chi connectivity index (χ0v) is 12.0. The molecule has 0 saturated heterocycles. The molecule has 5 heteroatoms. The summed E-state index contributed by atoms with van der Waals surface area (Å²) in [5.41, 5.74) is 1.82. The van der Waals surface area contributed by atoms with Gasteiger partial charge in [-0.25, -0.2) is 0 Å². The predicted molar refractivity (Wildman–Crippen MR) is 81.9 cm³/mol. The number of rotatable bonds is 4. The number of carbonyl (C=O) groups excluding carboxylic acids is 1. The Kier molecular flexibility index (Phi) is 4.48. The van der Waals surface area contributed by atoms with E-state index in [9.17, 15) is 4.79 Å². The van der Waals surface area contributed by atoms with Crippen molar-refractivity contribution in [2.24, 2.45) is 0 Å². The number of carbonyl (C=O) groups is 1. The first-order valence-corrected chi connectivity index (χ1v) is 6.45. The van der Waals surface area contributed by atoms with Gasteiger partial charge in [0.15, 0.2) is 0 Å². The van der Waals surface area contributed by atoms with Crippen molar-refractivity contribution in [2.45, 2.75) is 0 Å². The number of hydrogen-bond donors (Lipinski definition) is 2. The Balaban J connectivity index is 2.27. The highest BCUT2D eigenvalue weighted by molar-refractivity contribution is 6.34. The molecule has 0 bridgehead atoms. The quantitative estimate of drug-likeness (QED) is 0.904. The standard InChI is InChI=1S/C15H15ClN2O2/c1-17-13-6-4-3-5-11(13)15(19)18-14-9-10(20-2)7-8-12(14)16/h3-9,17H,1-2H3,(H,18,19).